The van der Waals surface area contributed by atoms with E-state index in [1.807, 2.05) is 13.8 Å². The molecule has 1 N–H and O–H groups in total. The van der Waals surface area contributed by atoms with E-state index in [0.29, 0.717) is 11.4 Å². The Morgan fingerprint density at radius 1 is 1.57 bits per heavy atom. The quantitative estimate of drug-likeness (QED) is 0.592. The number of aryl methyl sites for hydroxylation is 1. The topological polar surface area (TPSA) is 68.1 Å². The third kappa shape index (κ3) is 2.18. The monoisotopic (exact) mass is 195 g/mol. The predicted octanol–water partition coefficient (Wildman–Crippen LogP) is 2.12. The van der Waals surface area contributed by atoms with Crippen molar-refractivity contribution in [2.75, 3.05) is 5.32 Å². The van der Waals surface area contributed by atoms with E-state index < -0.39 is 4.92 Å². The zero-order chi connectivity index (χ0) is 10.7. The molecule has 5 nitrogen and oxygen atoms in total. The van der Waals surface area contributed by atoms with Crippen molar-refractivity contribution in [2.45, 2.75) is 26.8 Å². The molecule has 0 aromatic carbocycles. The van der Waals surface area contributed by atoms with Gasteiger partial charge >= 0.3 is 5.69 Å². The SMILES string of the molecule is Cc1ccnc(NC(C)C)c1[N+](=O)[O-]. The maximum absolute atomic E-state index is 10.7. The van der Waals surface area contributed by atoms with E-state index in [1.54, 1.807) is 19.2 Å². The first kappa shape index (κ1) is 10.4. The van der Waals surface area contributed by atoms with Crippen molar-refractivity contribution in [3.8, 4) is 0 Å². The molecule has 0 amide bonds. The van der Waals surface area contributed by atoms with Crippen LogP contribution >= 0.6 is 0 Å². The number of rotatable bonds is 3. The van der Waals surface area contributed by atoms with Gasteiger partial charge in [-0.3, -0.25) is 10.1 Å². The molecule has 0 fully saturated rings. The minimum Gasteiger partial charge on any atom is -0.362 e. The van der Waals surface area contributed by atoms with Crippen LogP contribution in [0, 0.1) is 17.0 Å². The Bertz CT molecular complexity index is 350. The Labute approximate surface area is 82.3 Å². The van der Waals surface area contributed by atoms with E-state index >= 15 is 0 Å². The molecule has 0 aliphatic carbocycles. The molecule has 76 valence electrons. The summed E-state index contributed by atoms with van der Waals surface area (Å²) in [5, 5.41) is 13.7. The van der Waals surface area contributed by atoms with Crippen LogP contribution in [-0.2, 0) is 0 Å². The van der Waals surface area contributed by atoms with Crippen molar-refractivity contribution in [3.05, 3.63) is 27.9 Å². The summed E-state index contributed by atoms with van der Waals surface area (Å²) >= 11 is 0. The van der Waals surface area contributed by atoms with Gasteiger partial charge in [-0.15, -0.1) is 0 Å². The van der Waals surface area contributed by atoms with Crippen LogP contribution in [0.3, 0.4) is 0 Å². The third-order valence-corrected chi connectivity index (χ3v) is 1.73. The van der Waals surface area contributed by atoms with Crippen LogP contribution in [-0.4, -0.2) is 15.9 Å². The lowest BCUT2D eigenvalue weighted by Crippen LogP contribution is -2.13. The lowest BCUT2D eigenvalue weighted by molar-refractivity contribution is -0.384. The van der Waals surface area contributed by atoms with Gasteiger partial charge < -0.3 is 5.32 Å². The summed E-state index contributed by atoms with van der Waals surface area (Å²) in [6.45, 7) is 5.52. The molecule has 0 aliphatic heterocycles. The second-order valence-electron chi connectivity index (χ2n) is 3.38. The molecule has 0 atom stereocenters. The largest absolute Gasteiger partial charge is 0.362 e. The van der Waals surface area contributed by atoms with E-state index in [2.05, 4.69) is 10.3 Å². The lowest BCUT2D eigenvalue weighted by atomic mass is 10.2. The molecule has 0 saturated heterocycles. The zero-order valence-corrected chi connectivity index (χ0v) is 8.44. The molecule has 1 aromatic heterocycles. The predicted molar refractivity (Wildman–Crippen MR) is 54.4 cm³/mol. The number of hydrogen-bond donors (Lipinski definition) is 1. The Morgan fingerprint density at radius 2 is 2.21 bits per heavy atom. The van der Waals surface area contributed by atoms with Crippen LogP contribution in [0.25, 0.3) is 0 Å². The van der Waals surface area contributed by atoms with E-state index in [0.717, 1.165) is 0 Å². The minimum atomic E-state index is -0.410. The first-order valence-electron chi connectivity index (χ1n) is 4.39. The van der Waals surface area contributed by atoms with Gasteiger partial charge in [-0.2, -0.15) is 0 Å². The van der Waals surface area contributed by atoms with Crippen molar-refractivity contribution in [3.63, 3.8) is 0 Å². The molecule has 0 bridgehead atoms. The maximum Gasteiger partial charge on any atom is 0.314 e. The Morgan fingerprint density at radius 3 is 2.71 bits per heavy atom. The van der Waals surface area contributed by atoms with Gasteiger partial charge in [-0.05, 0) is 26.8 Å². The first-order chi connectivity index (χ1) is 6.52. The second-order valence-corrected chi connectivity index (χ2v) is 3.38. The molecule has 0 unspecified atom stereocenters. The van der Waals surface area contributed by atoms with E-state index in [9.17, 15) is 10.1 Å². The Hall–Kier alpha value is -1.65. The molecular weight excluding hydrogens is 182 g/mol. The van der Waals surface area contributed by atoms with Crippen LogP contribution in [0.5, 0.6) is 0 Å². The molecule has 0 aliphatic rings. The third-order valence-electron chi connectivity index (χ3n) is 1.73. The molecule has 0 spiro atoms. The highest BCUT2D eigenvalue weighted by Crippen LogP contribution is 2.25. The first-order valence-corrected chi connectivity index (χ1v) is 4.39. The van der Waals surface area contributed by atoms with Gasteiger partial charge in [0.2, 0.25) is 5.82 Å². The van der Waals surface area contributed by atoms with Crippen molar-refractivity contribution in [2.24, 2.45) is 0 Å². The Kier molecular flexibility index (Phi) is 3.01. The molecule has 1 heterocycles. The highest BCUT2D eigenvalue weighted by Gasteiger charge is 2.18. The normalized spacial score (nSPS) is 10.3. The van der Waals surface area contributed by atoms with Crippen LogP contribution in [0.4, 0.5) is 11.5 Å². The fraction of sp³-hybridized carbons (Fsp3) is 0.444. The van der Waals surface area contributed by atoms with E-state index in [4.69, 9.17) is 0 Å². The van der Waals surface area contributed by atoms with Crippen molar-refractivity contribution < 1.29 is 4.92 Å². The standard InChI is InChI=1S/C9H13N3O2/c1-6(2)11-9-8(12(13)14)7(3)4-5-10-9/h4-6H,1-3H3,(H,10,11). The molecule has 0 saturated carbocycles. The van der Waals surface area contributed by atoms with Gasteiger partial charge in [0, 0.05) is 17.8 Å². The van der Waals surface area contributed by atoms with Crippen molar-refractivity contribution in [1.82, 2.24) is 4.98 Å². The molecule has 1 aromatic rings. The summed E-state index contributed by atoms with van der Waals surface area (Å²) in [5.74, 6) is 0.338. The van der Waals surface area contributed by atoms with E-state index in [-0.39, 0.29) is 11.7 Å². The van der Waals surface area contributed by atoms with Gasteiger partial charge in [-0.1, -0.05) is 0 Å². The summed E-state index contributed by atoms with van der Waals surface area (Å²) in [6.07, 6.45) is 1.56. The second kappa shape index (κ2) is 4.04. The molecule has 5 heteroatoms. The van der Waals surface area contributed by atoms with Crippen molar-refractivity contribution >= 4 is 11.5 Å². The smallest absolute Gasteiger partial charge is 0.314 e. The van der Waals surface area contributed by atoms with Crippen LogP contribution in [0.15, 0.2) is 12.3 Å². The number of nitrogens with zero attached hydrogens (tertiary/aromatic N) is 2. The number of nitro groups is 1. The average molecular weight is 195 g/mol. The summed E-state index contributed by atoms with van der Waals surface area (Å²) in [7, 11) is 0. The van der Waals surface area contributed by atoms with Crippen LogP contribution in [0.2, 0.25) is 0 Å². The summed E-state index contributed by atoms with van der Waals surface area (Å²) < 4.78 is 0. The van der Waals surface area contributed by atoms with Gasteiger partial charge in [-0.25, -0.2) is 4.98 Å². The van der Waals surface area contributed by atoms with Gasteiger partial charge in [0.05, 0.1) is 4.92 Å². The van der Waals surface area contributed by atoms with Crippen LogP contribution in [0.1, 0.15) is 19.4 Å². The Balaban J connectivity index is 3.14. The van der Waals surface area contributed by atoms with Gasteiger partial charge in [0.1, 0.15) is 0 Å². The molecule has 0 radical (unpaired) electrons. The van der Waals surface area contributed by atoms with Gasteiger partial charge in [0.15, 0.2) is 0 Å². The number of aromatic nitrogens is 1. The fourth-order valence-electron chi connectivity index (χ4n) is 1.16. The summed E-state index contributed by atoms with van der Waals surface area (Å²) in [5.41, 5.74) is 0.675. The van der Waals surface area contributed by atoms with Crippen molar-refractivity contribution in [1.29, 1.82) is 0 Å². The summed E-state index contributed by atoms with van der Waals surface area (Å²) in [6, 6.07) is 1.76. The fourth-order valence-corrected chi connectivity index (χ4v) is 1.16. The number of hydrogen-bond acceptors (Lipinski definition) is 4. The summed E-state index contributed by atoms with van der Waals surface area (Å²) in [4.78, 5) is 14.3. The van der Waals surface area contributed by atoms with Gasteiger partial charge in [0.25, 0.3) is 0 Å². The highest BCUT2D eigenvalue weighted by molar-refractivity contribution is 5.59. The molecule has 1 rings (SSSR count). The molecule has 14 heavy (non-hydrogen) atoms. The lowest BCUT2D eigenvalue weighted by Gasteiger charge is -2.09. The van der Waals surface area contributed by atoms with Crippen LogP contribution < -0.4 is 5.32 Å². The molecular formula is C9H13N3O2. The number of nitrogens with one attached hydrogen (secondary N) is 1. The zero-order valence-electron chi connectivity index (χ0n) is 8.44. The minimum absolute atomic E-state index is 0.0567. The highest BCUT2D eigenvalue weighted by atomic mass is 16.6. The number of anilines is 1. The number of pyridine rings is 1. The average Bonchev–Trinajstić information content (AvgIpc) is 2.01. The van der Waals surface area contributed by atoms with E-state index in [1.165, 1.54) is 0 Å². The maximum atomic E-state index is 10.7.